The number of rotatable bonds is 4. The molecular formula is C18H27NO2. The lowest BCUT2D eigenvalue weighted by molar-refractivity contribution is 0.228. The van der Waals surface area contributed by atoms with Crippen molar-refractivity contribution in [3.05, 3.63) is 23.8 Å². The molecule has 0 amide bonds. The van der Waals surface area contributed by atoms with Gasteiger partial charge >= 0.3 is 0 Å². The second-order valence-corrected chi connectivity index (χ2v) is 6.77. The highest BCUT2D eigenvalue weighted by molar-refractivity contribution is 5.44. The molecule has 1 saturated carbocycles. The van der Waals surface area contributed by atoms with Crippen LogP contribution >= 0.6 is 0 Å². The molecule has 1 fully saturated rings. The summed E-state index contributed by atoms with van der Waals surface area (Å²) in [4.78, 5) is 0. The molecule has 0 saturated heterocycles. The molecule has 2 atom stereocenters. The Balaban J connectivity index is 1.62. The van der Waals surface area contributed by atoms with Gasteiger partial charge < -0.3 is 15.2 Å². The first-order valence-corrected chi connectivity index (χ1v) is 8.37. The van der Waals surface area contributed by atoms with E-state index < -0.39 is 0 Å². The number of hydrogen-bond donors (Lipinski definition) is 1. The smallest absolute Gasteiger partial charge is 0.161 e. The second kappa shape index (κ2) is 6.69. The van der Waals surface area contributed by atoms with E-state index in [-0.39, 0.29) is 6.04 Å². The van der Waals surface area contributed by atoms with Gasteiger partial charge in [0.05, 0.1) is 13.2 Å². The molecule has 2 unspecified atom stereocenters. The summed E-state index contributed by atoms with van der Waals surface area (Å²) in [6.45, 7) is 3.58. The van der Waals surface area contributed by atoms with Gasteiger partial charge in [0.15, 0.2) is 11.5 Å². The van der Waals surface area contributed by atoms with E-state index in [0.717, 1.165) is 30.4 Å². The molecule has 3 nitrogen and oxygen atoms in total. The number of ether oxygens (including phenoxy) is 2. The first-order chi connectivity index (χ1) is 10.2. The van der Waals surface area contributed by atoms with Gasteiger partial charge in [0.1, 0.15) is 0 Å². The lowest BCUT2D eigenvalue weighted by Crippen LogP contribution is -2.12. The van der Waals surface area contributed by atoms with Crippen LogP contribution in [0.2, 0.25) is 0 Å². The minimum atomic E-state index is 0.111. The van der Waals surface area contributed by atoms with Crippen LogP contribution in [-0.2, 0) is 0 Å². The predicted molar refractivity (Wildman–Crippen MR) is 84.7 cm³/mol. The Labute approximate surface area is 127 Å². The van der Waals surface area contributed by atoms with E-state index in [2.05, 4.69) is 19.1 Å². The molecule has 3 heteroatoms. The molecule has 0 spiro atoms. The molecule has 2 N–H and O–H groups in total. The molecule has 0 aromatic heterocycles. The lowest BCUT2D eigenvalue weighted by atomic mass is 9.95. The van der Waals surface area contributed by atoms with Gasteiger partial charge in [-0.2, -0.15) is 0 Å². The van der Waals surface area contributed by atoms with Crippen LogP contribution in [0.3, 0.4) is 0 Å². The Morgan fingerprint density at radius 2 is 1.86 bits per heavy atom. The van der Waals surface area contributed by atoms with Crippen molar-refractivity contribution in [1.29, 1.82) is 0 Å². The number of fused-ring (bicyclic) bond motifs is 1. The van der Waals surface area contributed by atoms with Crippen LogP contribution in [0.4, 0.5) is 0 Å². The summed E-state index contributed by atoms with van der Waals surface area (Å²) in [7, 11) is 0. The molecule has 2 aliphatic rings. The molecule has 1 aliphatic carbocycles. The topological polar surface area (TPSA) is 44.5 Å². The van der Waals surface area contributed by atoms with Crippen LogP contribution in [0.15, 0.2) is 18.2 Å². The Hall–Kier alpha value is -1.22. The largest absolute Gasteiger partial charge is 0.489 e. The Morgan fingerprint density at radius 1 is 1.14 bits per heavy atom. The Bertz CT molecular complexity index is 468. The minimum absolute atomic E-state index is 0.111. The van der Waals surface area contributed by atoms with E-state index in [4.69, 9.17) is 15.2 Å². The third-order valence-corrected chi connectivity index (χ3v) is 4.80. The first-order valence-electron chi connectivity index (χ1n) is 8.37. The van der Waals surface area contributed by atoms with Crippen molar-refractivity contribution < 1.29 is 9.47 Å². The normalized spacial score (nSPS) is 23.8. The van der Waals surface area contributed by atoms with Crippen LogP contribution in [0.5, 0.6) is 11.5 Å². The van der Waals surface area contributed by atoms with E-state index in [1.807, 2.05) is 6.07 Å². The summed E-state index contributed by atoms with van der Waals surface area (Å²) < 4.78 is 11.6. The highest BCUT2D eigenvalue weighted by Crippen LogP contribution is 2.35. The van der Waals surface area contributed by atoms with Gasteiger partial charge in [0.25, 0.3) is 0 Å². The Morgan fingerprint density at radius 3 is 2.62 bits per heavy atom. The fourth-order valence-electron chi connectivity index (χ4n) is 3.38. The molecule has 1 aliphatic heterocycles. The van der Waals surface area contributed by atoms with Gasteiger partial charge in [-0.05, 0) is 36.5 Å². The zero-order valence-electron chi connectivity index (χ0n) is 13.0. The maximum absolute atomic E-state index is 6.38. The monoisotopic (exact) mass is 289 g/mol. The van der Waals surface area contributed by atoms with E-state index in [1.54, 1.807) is 0 Å². The average Bonchev–Trinajstić information content (AvgIpc) is 2.95. The van der Waals surface area contributed by atoms with Crippen molar-refractivity contribution in [2.75, 3.05) is 13.2 Å². The highest BCUT2D eigenvalue weighted by atomic mass is 16.5. The summed E-state index contributed by atoms with van der Waals surface area (Å²) in [6.07, 6.45) is 7.93. The molecular weight excluding hydrogens is 262 g/mol. The van der Waals surface area contributed by atoms with Crippen LogP contribution in [0.1, 0.15) is 57.1 Å². The maximum Gasteiger partial charge on any atom is 0.161 e. The maximum atomic E-state index is 6.38. The second-order valence-electron chi connectivity index (χ2n) is 6.77. The van der Waals surface area contributed by atoms with Gasteiger partial charge in [-0.15, -0.1) is 0 Å². The van der Waals surface area contributed by atoms with Crippen LogP contribution in [0, 0.1) is 11.8 Å². The van der Waals surface area contributed by atoms with Crippen molar-refractivity contribution >= 4 is 0 Å². The zero-order chi connectivity index (χ0) is 14.7. The van der Waals surface area contributed by atoms with Crippen molar-refractivity contribution in [3.63, 3.8) is 0 Å². The van der Waals surface area contributed by atoms with Gasteiger partial charge in [-0.25, -0.2) is 0 Å². The van der Waals surface area contributed by atoms with Gasteiger partial charge in [-0.3, -0.25) is 0 Å². The SMILES string of the molecule is CC1COc2ccc(C(N)CCC3CCCC3)cc2OC1. The van der Waals surface area contributed by atoms with E-state index in [1.165, 1.54) is 37.7 Å². The molecule has 0 bridgehead atoms. The van der Waals surface area contributed by atoms with Gasteiger partial charge in [0, 0.05) is 12.0 Å². The molecule has 0 radical (unpaired) electrons. The predicted octanol–water partition coefficient (Wildman–Crippen LogP) is 4.06. The molecule has 3 rings (SSSR count). The van der Waals surface area contributed by atoms with E-state index in [9.17, 15) is 0 Å². The number of hydrogen-bond acceptors (Lipinski definition) is 3. The van der Waals surface area contributed by atoms with Crippen molar-refractivity contribution in [2.24, 2.45) is 17.6 Å². The van der Waals surface area contributed by atoms with Crippen molar-refractivity contribution in [1.82, 2.24) is 0 Å². The third kappa shape index (κ3) is 3.70. The van der Waals surface area contributed by atoms with Gasteiger partial charge in [0.2, 0.25) is 0 Å². The fraction of sp³-hybridized carbons (Fsp3) is 0.667. The summed E-state index contributed by atoms with van der Waals surface area (Å²) in [6, 6.07) is 6.29. The quantitative estimate of drug-likeness (QED) is 0.909. The number of nitrogens with two attached hydrogens (primary N) is 1. The fourth-order valence-corrected chi connectivity index (χ4v) is 3.38. The third-order valence-electron chi connectivity index (χ3n) is 4.80. The van der Waals surface area contributed by atoms with Crippen molar-refractivity contribution in [3.8, 4) is 11.5 Å². The first kappa shape index (κ1) is 14.7. The van der Waals surface area contributed by atoms with Crippen LogP contribution in [-0.4, -0.2) is 13.2 Å². The highest BCUT2D eigenvalue weighted by Gasteiger charge is 2.19. The number of benzene rings is 1. The molecule has 21 heavy (non-hydrogen) atoms. The van der Waals surface area contributed by atoms with Crippen molar-refractivity contribution in [2.45, 2.75) is 51.5 Å². The molecule has 1 aromatic carbocycles. The Kier molecular flexibility index (Phi) is 4.69. The summed E-state index contributed by atoms with van der Waals surface area (Å²) in [5, 5.41) is 0. The molecule has 1 aromatic rings. The van der Waals surface area contributed by atoms with E-state index >= 15 is 0 Å². The summed E-state index contributed by atoms with van der Waals surface area (Å²) in [5.74, 6) is 3.04. The lowest BCUT2D eigenvalue weighted by Gasteiger charge is -2.16. The summed E-state index contributed by atoms with van der Waals surface area (Å²) >= 11 is 0. The molecule has 116 valence electrons. The standard InChI is InChI=1S/C18H27NO2/c1-13-11-20-17-9-7-15(10-18(17)21-12-13)16(19)8-6-14-4-2-3-5-14/h7,9-10,13-14,16H,2-6,8,11-12,19H2,1H3. The average molecular weight is 289 g/mol. The van der Waals surface area contributed by atoms with Crippen LogP contribution in [0.25, 0.3) is 0 Å². The van der Waals surface area contributed by atoms with Gasteiger partial charge in [-0.1, -0.05) is 38.7 Å². The minimum Gasteiger partial charge on any atom is -0.489 e. The summed E-state index contributed by atoms with van der Waals surface area (Å²) in [5.41, 5.74) is 7.55. The van der Waals surface area contributed by atoms with Crippen LogP contribution < -0.4 is 15.2 Å². The van der Waals surface area contributed by atoms with E-state index in [0.29, 0.717) is 12.5 Å². The zero-order valence-corrected chi connectivity index (χ0v) is 13.0. The molecule has 1 heterocycles.